The van der Waals surface area contributed by atoms with Gasteiger partial charge in [-0.3, -0.25) is 0 Å². The van der Waals surface area contributed by atoms with Crippen LogP contribution in [0.4, 0.5) is 13.2 Å². The van der Waals surface area contributed by atoms with Crippen molar-refractivity contribution in [2.24, 2.45) is 0 Å². The van der Waals surface area contributed by atoms with Gasteiger partial charge in [-0.25, -0.2) is 0 Å². The molecule has 0 saturated heterocycles. The van der Waals surface area contributed by atoms with Crippen LogP contribution in [0.25, 0.3) is 0 Å². The van der Waals surface area contributed by atoms with Crippen molar-refractivity contribution in [3.05, 3.63) is 33.4 Å². The number of hydrogen-bond donors (Lipinski definition) is 1. The average molecular weight is 371 g/mol. The number of nitrogens with one attached hydrogen (secondary N) is 1. The molecule has 0 aliphatic heterocycles. The molecule has 1 aromatic rings. The van der Waals surface area contributed by atoms with Gasteiger partial charge in [0.15, 0.2) is 0 Å². The summed E-state index contributed by atoms with van der Waals surface area (Å²) in [6.07, 6.45) is -3.84. The average Bonchev–Trinajstić information content (AvgIpc) is 2.29. The number of halogens is 4. The Bertz CT molecular complexity index is 348. The third-order valence-corrected chi connectivity index (χ3v) is 3.35. The van der Waals surface area contributed by atoms with Crippen LogP contribution in [-0.2, 0) is 0 Å². The monoisotopic (exact) mass is 371 g/mol. The maximum Gasteiger partial charge on any atom is 0.389 e. The van der Waals surface area contributed by atoms with Crippen molar-refractivity contribution < 1.29 is 13.2 Å². The summed E-state index contributed by atoms with van der Waals surface area (Å²) in [5.41, 5.74) is 0.924. The summed E-state index contributed by atoms with van der Waals surface area (Å²) >= 11 is 2.18. The minimum Gasteiger partial charge on any atom is -0.310 e. The SMILES string of the molecule is CCCNC(CCC(F)(F)F)c1ccc(I)cc1. The number of hydrogen-bond acceptors (Lipinski definition) is 1. The third kappa shape index (κ3) is 6.04. The summed E-state index contributed by atoms with van der Waals surface area (Å²) in [5.74, 6) is 0. The first kappa shape index (κ1) is 15.8. The molecule has 1 aromatic carbocycles. The maximum atomic E-state index is 12.3. The molecule has 1 nitrogen and oxygen atoms in total. The van der Waals surface area contributed by atoms with E-state index in [0.717, 1.165) is 22.1 Å². The number of rotatable bonds is 6. The first-order chi connectivity index (χ1) is 8.42. The Morgan fingerprint density at radius 1 is 1.22 bits per heavy atom. The van der Waals surface area contributed by atoms with Gasteiger partial charge in [-0.2, -0.15) is 13.2 Å². The highest BCUT2D eigenvalue weighted by Crippen LogP contribution is 2.27. The first-order valence-corrected chi connectivity index (χ1v) is 7.06. The Labute approximate surface area is 119 Å². The summed E-state index contributed by atoms with van der Waals surface area (Å²) in [6, 6.07) is 7.41. The van der Waals surface area contributed by atoms with Crippen LogP contribution in [0.15, 0.2) is 24.3 Å². The van der Waals surface area contributed by atoms with Crippen molar-refractivity contribution in [2.75, 3.05) is 6.54 Å². The van der Waals surface area contributed by atoms with Crippen molar-refractivity contribution in [3.63, 3.8) is 0 Å². The van der Waals surface area contributed by atoms with Gasteiger partial charge >= 0.3 is 6.18 Å². The lowest BCUT2D eigenvalue weighted by Gasteiger charge is -2.20. The summed E-state index contributed by atoms with van der Waals surface area (Å²) in [5, 5.41) is 3.18. The van der Waals surface area contributed by atoms with E-state index in [4.69, 9.17) is 0 Å². The zero-order chi connectivity index (χ0) is 13.6. The minimum absolute atomic E-state index is 0.0874. The highest BCUT2D eigenvalue weighted by Gasteiger charge is 2.28. The molecule has 0 aliphatic carbocycles. The van der Waals surface area contributed by atoms with Crippen LogP contribution in [0.1, 0.15) is 37.8 Å². The van der Waals surface area contributed by atoms with E-state index >= 15 is 0 Å². The van der Waals surface area contributed by atoms with E-state index in [1.165, 1.54) is 0 Å². The fraction of sp³-hybridized carbons (Fsp3) is 0.538. The van der Waals surface area contributed by atoms with Crippen LogP contribution in [0.5, 0.6) is 0 Å². The zero-order valence-electron chi connectivity index (χ0n) is 10.2. The Morgan fingerprint density at radius 3 is 2.33 bits per heavy atom. The van der Waals surface area contributed by atoms with Crippen molar-refractivity contribution in [1.29, 1.82) is 0 Å². The maximum absolute atomic E-state index is 12.3. The van der Waals surface area contributed by atoms with E-state index in [0.29, 0.717) is 0 Å². The van der Waals surface area contributed by atoms with E-state index in [-0.39, 0.29) is 12.5 Å². The molecular weight excluding hydrogens is 354 g/mol. The lowest BCUT2D eigenvalue weighted by Crippen LogP contribution is -2.24. The van der Waals surface area contributed by atoms with Gasteiger partial charge in [-0.05, 0) is 59.7 Å². The predicted molar refractivity (Wildman–Crippen MR) is 75.5 cm³/mol. The van der Waals surface area contributed by atoms with E-state index in [9.17, 15) is 13.2 Å². The van der Waals surface area contributed by atoms with Gasteiger partial charge in [0.05, 0.1) is 0 Å². The lowest BCUT2D eigenvalue weighted by atomic mass is 10.0. The van der Waals surface area contributed by atoms with Crippen molar-refractivity contribution in [2.45, 2.75) is 38.4 Å². The molecule has 1 N–H and O–H groups in total. The molecule has 5 heteroatoms. The molecule has 1 unspecified atom stereocenters. The Balaban J connectivity index is 2.68. The normalized spacial score (nSPS) is 13.6. The van der Waals surface area contributed by atoms with Gasteiger partial charge < -0.3 is 5.32 Å². The van der Waals surface area contributed by atoms with Crippen LogP contribution >= 0.6 is 22.6 Å². The second-order valence-electron chi connectivity index (χ2n) is 4.21. The zero-order valence-corrected chi connectivity index (χ0v) is 12.4. The second-order valence-corrected chi connectivity index (χ2v) is 5.46. The van der Waals surface area contributed by atoms with Gasteiger partial charge in [0.1, 0.15) is 0 Å². The van der Waals surface area contributed by atoms with Crippen molar-refractivity contribution >= 4 is 22.6 Å². The van der Waals surface area contributed by atoms with E-state index < -0.39 is 12.6 Å². The number of alkyl halides is 3. The van der Waals surface area contributed by atoms with Crippen LogP contribution in [0, 0.1) is 3.57 Å². The van der Waals surface area contributed by atoms with E-state index in [2.05, 4.69) is 27.9 Å². The van der Waals surface area contributed by atoms with Gasteiger partial charge in [-0.1, -0.05) is 19.1 Å². The van der Waals surface area contributed by atoms with Crippen molar-refractivity contribution in [1.82, 2.24) is 5.32 Å². The van der Waals surface area contributed by atoms with Gasteiger partial charge in [0.25, 0.3) is 0 Å². The molecule has 102 valence electrons. The van der Waals surface area contributed by atoms with Gasteiger partial charge in [-0.15, -0.1) is 0 Å². The van der Waals surface area contributed by atoms with Gasteiger partial charge in [0, 0.05) is 16.0 Å². The molecule has 0 bridgehead atoms. The topological polar surface area (TPSA) is 12.0 Å². The fourth-order valence-corrected chi connectivity index (χ4v) is 2.07. The molecule has 18 heavy (non-hydrogen) atoms. The molecule has 0 spiro atoms. The fourth-order valence-electron chi connectivity index (χ4n) is 1.71. The quantitative estimate of drug-likeness (QED) is 0.717. The molecule has 0 amide bonds. The van der Waals surface area contributed by atoms with Crippen LogP contribution < -0.4 is 5.32 Å². The smallest absolute Gasteiger partial charge is 0.310 e. The second kappa shape index (κ2) is 7.33. The first-order valence-electron chi connectivity index (χ1n) is 5.98. The lowest BCUT2D eigenvalue weighted by molar-refractivity contribution is -0.136. The van der Waals surface area contributed by atoms with Crippen LogP contribution in [0.3, 0.4) is 0 Å². The van der Waals surface area contributed by atoms with E-state index in [1.807, 2.05) is 31.2 Å². The Kier molecular flexibility index (Phi) is 6.42. The summed E-state index contributed by atoms with van der Waals surface area (Å²) < 4.78 is 38.0. The molecule has 1 rings (SSSR count). The Hall–Kier alpha value is -0.300. The Morgan fingerprint density at radius 2 is 1.83 bits per heavy atom. The summed E-state index contributed by atoms with van der Waals surface area (Å²) in [6.45, 7) is 2.73. The third-order valence-electron chi connectivity index (χ3n) is 2.63. The molecule has 0 aliphatic rings. The molecule has 0 radical (unpaired) electrons. The van der Waals surface area contributed by atoms with Gasteiger partial charge in [0.2, 0.25) is 0 Å². The van der Waals surface area contributed by atoms with Crippen LogP contribution in [-0.4, -0.2) is 12.7 Å². The highest BCUT2D eigenvalue weighted by molar-refractivity contribution is 14.1. The molecular formula is C13H17F3IN. The van der Waals surface area contributed by atoms with Crippen molar-refractivity contribution in [3.8, 4) is 0 Å². The summed E-state index contributed by atoms with van der Waals surface area (Å²) in [4.78, 5) is 0. The summed E-state index contributed by atoms with van der Waals surface area (Å²) in [7, 11) is 0. The highest BCUT2D eigenvalue weighted by atomic mass is 127. The molecule has 1 atom stereocenters. The van der Waals surface area contributed by atoms with Crippen LogP contribution in [0.2, 0.25) is 0 Å². The standard InChI is InChI=1S/C13H17F3IN/c1-2-9-18-12(7-8-13(14,15)16)10-3-5-11(17)6-4-10/h3-6,12,18H,2,7-9H2,1H3. The predicted octanol–water partition coefficient (Wildman–Crippen LogP) is 4.67. The molecule has 0 heterocycles. The molecule has 0 fully saturated rings. The number of benzene rings is 1. The largest absolute Gasteiger partial charge is 0.389 e. The minimum atomic E-state index is -4.09. The molecule has 0 aromatic heterocycles. The van der Waals surface area contributed by atoms with E-state index in [1.54, 1.807) is 0 Å². The molecule has 0 saturated carbocycles.